The zero-order valence-corrected chi connectivity index (χ0v) is 5.57. The van der Waals surface area contributed by atoms with E-state index in [1.807, 2.05) is 6.07 Å². The van der Waals surface area contributed by atoms with Crippen molar-refractivity contribution in [1.29, 1.82) is 6.69 Å². The second kappa shape index (κ2) is 2.84. The van der Waals surface area contributed by atoms with Gasteiger partial charge in [-0.05, 0) is 18.2 Å². The number of nitrogens with zero attached hydrogens (tertiary/aromatic N) is 1. The topological polar surface area (TPSA) is 61.1 Å². The third kappa shape index (κ3) is 1.55. The summed E-state index contributed by atoms with van der Waals surface area (Å²) >= 11 is 0. The highest BCUT2D eigenvalue weighted by molar-refractivity contribution is 5.87. The van der Waals surface area contributed by atoms with Crippen LogP contribution in [0.2, 0.25) is 0 Å². The lowest BCUT2D eigenvalue weighted by molar-refractivity contribution is 0.0697. The zero-order chi connectivity index (χ0) is 8.97. The number of carboxylic acids is 1. The van der Waals surface area contributed by atoms with Crippen molar-refractivity contribution in [2.24, 2.45) is 0 Å². The first-order valence-electron chi connectivity index (χ1n) is 3.36. The molecular weight excluding hydrogens is 142 g/mol. The van der Waals surface area contributed by atoms with Gasteiger partial charge < -0.3 is 5.11 Å². The molecule has 0 heterocycles. The van der Waals surface area contributed by atoms with Crippen LogP contribution in [-0.2, 0) is 0 Å². The summed E-state index contributed by atoms with van der Waals surface area (Å²) in [6.07, 6.45) is 0. The fourth-order valence-corrected chi connectivity index (χ4v) is 0.716. The molecule has 0 amide bonds. The van der Waals surface area contributed by atoms with Crippen molar-refractivity contribution in [3.8, 4) is 6.07 Å². The summed E-state index contributed by atoms with van der Waals surface area (Å²) in [4.78, 5) is 10.8. The van der Waals surface area contributed by atoms with Crippen LogP contribution in [0.3, 0.4) is 0 Å². The van der Waals surface area contributed by atoms with Gasteiger partial charge in [-0.2, -0.15) is 5.26 Å². The van der Waals surface area contributed by atoms with Crippen molar-refractivity contribution in [3.63, 3.8) is 0 Å². The molecule has 1 N–H and O–H groups in total. The Balaban J connectivity index is 3.04. The normalized spacial score (nSPS) is 9.55. The predicted octanol–water partition coefficient (Wildman–Crippen LogP) is 1.26. The van der Waals surface area contributed by atoms with Gasteiger partial charge in [0.2, 0.25) is 0 Å². The average molecular weight is 148 g/mol. The van der Waals surface area contributed by atoms with Gasteiger partial charge in [0, 0.05) is 0 Å². The predicted molar refractivity (Wildman–Crippen MR) is 38.1 cm³/mol. The summed E-state index contributed by atoms with van der Waals surface area (Å²) in [5, 5.41) is 12.2. The Morgan fingerprint density at radius 1 is 1.73 bits per heavy atom. The van der Waals surface area contributed by atoms with Crippen molar-refractivity contribution in [2.45, 2.75) is 0 Å². The number of carboxylic acid groups (broad SMARTS) is 1. The highest BCUT2D eigenvalue weighted by Gasteiger charge is 2.01. The molecule has 0 aliphatic rings. The summed E-state index contributed by atoms with van der Waals surface area (Å²) in [6.45, 7) is 0. The van der Waals surface area contributed by atoms with E-state index in [9.17, 15) is 4.79 Å². The average Bonchev–Trinajstić information content (AvgIpc) is 2.17. The molecule has 0 saturated heterocycles. The summed E-state index contributed by atoms with van der Waals surface area (Å²) in [6, 6.07) is 7.86. The van der Waals surface area contributed by atoms with E-state index < -0.39 is 5.97 Å². The van der Waals surface area contributed by atoms with Crippen LogP contribution in [0.25, 0.3) is 1.43 Å². The van der Waals surface area contributed by atoms with Crippen molar-refractivity contribution >= 4 is 5.97 Å². The number of hydrogen-bond donors (Lipinski definition) is 1. The Hall–Kier alpha value is -1.82. The minimum atomic E-state index is -0.757. The van der Waals surface area contributed by atoms with Crippen molar-refractivity contribution in [3.05, 3.63) is 35.4 Å². The maximum Gasteiger partial charge on any atom is 0.335 e. The summed E-state index contributed by atoms with van der Waals surface area (Å²) in [7, 11) is 0. The van der Waals surface area contributed by atoms with E-state index in [1.165, 1.54) is 12.1 Å². The first-order valence-corrected chi connectivity index (χ1v) is 2.95. The summed E-state index contributed by atoms with van der Waals surface area (Å²) in [5.74, 6) is -0.757. The molecular formula is C8H5NO2. The minimum Gasteiger partial charge on any atom is -0.478 e. The van der Waals surface area contributed by atoms with Crippen LogP contribution in [0.15, 0.2) is 24.3 Å². The van der Waals surface area contributed by atoms with Gasteiger partial charge in [0.25, 0.3) is 1.43 Å². The van der Waals surface area contributed by atoms with Gasteiger partial charge in [-0.25, -0.2) is 4.79 Å². The molecule has 0 saturated carbocycles. The smallest absolute Gasteiger partial charge is 0.335 e. The Morgan fingerprint density at radius 3 is 3.18 bits per heavy atom. The van der Waals surface area contributed by atoms with Gasteiger partial charge in [0.1, 0.15) is 0 Å². The van der Waals surface area contributed by atoms with Crippen molar-refractivity contribution in [1.82, 2.24) is 0 Å². The number of rotatable bonds is 1. The molecule has 54 valence electrons. The Bertz CT molecular complexity index is 343. The molecule has 0 radical (unpaired) electrons. The summed E-state index contributed by atoms with van der Waals surface area (Å²) < 4.78 is 6.34. The van der Waals surface area contributed by atoms with Gasteiger partial charge in [0.15, 0.2) is 0 Å². The third-order valence-electron chi connectivity index (χ3n) is 1.23. The van der Waals surface area contributed by atoms with Gasteiger partial charge in [-0.15, -0.1) is 0 Å². The maximum absolute atomic E-state index is 10.8. The van der Waals surface area contributed by atoms with Crippen LogP contribution >= 0.6 is 0 Å². The molecule has 1 rings (SSSR count). The lowest BCUT2D eigenvalue weighted by Gasteiger charge is -1.91. The first-order chi connectivity index (χ1) is 5.77. The molecule has 1 aromatic rings. The second-order valence-corrected chi connectivity index (χ2v) is 1.98. The van der Waals surface area contributed by atoms with Gasteiger partial charge in [0.05, 0.1) is 17.2 Å². The molecule has 0 fully saturated rings. The molecule has 11 heavy (non-hydrogen) atoms. The van der Waals surface area contributed by atoms with Crippen LogP contribution < -0.4 is 0 Å². The van der Waals surface area contributed by atoms with Gasteiger partial charge in [-0.3, -0.25) is 0 Å². The Morgan fingerprint density at radius 2 is 2.55 bits per heavy atom. The van der Waals surface area contributed by atoms with E-state index >= 15 is 0 Å². The Labute approximate surface area is 65.0 Å². The number of benzene rings is 1. The van der Waals surface area contributed by atoms with E-state index in [0.717, 1.165) is 0 Å². The SMILES string of the molecule is [2H]OC(=O)c1cccc(C#N)c1. The van der Waals surface area contributed by atoms with Gasteiger partial charge in [-0.1, -0.05) is 6.07 Å². The molecule has 0 aliphatic heterocycles. The zero-order valence-electron chi connectivity index (χ0n) is 6.57. The van der Waals surface area contributed by atoms with Crippen LogP contribution in [0, 0.1) is 11.3 Å². The fourth-order valence-electron chi connectivity index (χ4n) is 0.716. The molecule has 3 heteroatoms. The molecule has 0 bridgehead atoms. The third-order valence-corrected chi connectivity index (χ3v) is 1.23. The molecule has 0 aliphatic carbocycles. The standard InChI is InChI=1S/C8H5NO2/c9-5-6-2-1-3-7(4-6)8(10)11/h1-4H,(H,10,11)/i/hD. The fraction of sp³-hybridized carbons (Fsp3) is 0. The van der Waals surface area contributed by atoms with Crippen molar-refractivity contribution < 1.29 is 9.90 Å². The van der Waals surface area contributed by atoms with E-state index in [-0.39, 0.29) is 5.56 Å². The minimum absolute atomic E-state index is 0.212. The lowest BCUT2D eigenvalue weighted by atomic mass is 10.1. The number of nitriles is 1. The number of hydrogen-bond acceptors (Lipinski definition) is 3. The Kier molecular flexibility index (Phi) is 1.53. The molecule has 3 nitrogen and oxygen atoms in total. The van der Waals surface area contributed by atoms with E-state index in [1.54, 1.807) is 12.1 Å². The van der Waals surface area contributed by atoms with E-state index in [0.29, 0.717) is 5.56 Å². The molecule has 1 aromatic carbocycles. The van der Waals surface area contributed by atoms with E-state index in [4.69, 9.17) is 6.69 Å². The largest absolute Gasteiger partial charge is 0.478 e. The highest BCUT2D eigenvalue weighted by atomic mass is 16.4. The number of aromatic carboxylic acids is 1. The van der Waals surface area contributed by atoms with E-state index in [2.05, 4.69) is 5.11 Å². The second-order valence-electron chi connectivity index (χ2n) is 1.98. The lowest BCUT2D eigenvalue weighted by Crippen LogP contribution is -1.95. The first kappa shape index (κ1) is 5.93. The molecule has 0 unspecified atom stereocenters. The monoisotopic (exact) mass is 148 g/mol. The number of carbonyl (C=O) groups is 1. The highest BCUT2D eigenvalue weighted by Crippen LogP contribution is 2.02. The maximum atomic E-state index is 10.8. The van der Waals surface area contributed by atoms with Crippen LogP contribution in [-0.4, -0.2) is 11.1 Å². The quantitative estimate of drug-likeness (QED) is 0.652. The molecule has 0 spiro atoms. The molecule has 0 atom stereocenters. The van der Waals surface area contributed by atoms with Crippen molar-refractivity contribution in [2.75, 3.05) is 0 Å². The summed E-state index contributed by atoms with van der Waals surface area (Å²) in [5.41, 5.74) is 0.585. The van der Waals surface area contributed by atoms with Gasteiger partial charge >= 0.3 is 5.97 Å². The van der Waals surface area contributed by atoms with Crippen LogP contribution in [0.5, 0.6) is 0 Å². The van der Waals surface area contributed by atoms with Crippen LogP contribution in [0.1, 0.15) is 15.9 Å². The molecule has 0 aromatic heterocycles. The van der Waals surface area contributed by atoms with Crippen LogP contribution in [0.4, 0.5) is 0 Å².